The minimum Gasteiger partial charge on any atom is -0.452 e. The van der Waals surface area contributed by atoms with Crippen molar-refractivity contribution in [2.24, 2.45) is 5.92 Å². The maximum absolute atomic E-state index is 12.5. The average Bonchev–Trinajstić information content (AvgIpc) is 3.06. The largest absolute Gasteiger partial charge is 0.452 e. The first kappa shape index (κ1) is 20.9. The van der Waals surface area contributed by atoms with Crippen LogP contribution in [0.1, 0.15) is 24.5 Å². The van der Waals surface area contributed by atoms with Gasteiger partial charge < -0.3 is 15.0 Å². The molecule has 1 aliphatic rings. The number of rotatable bonds is 6. The van der Waals surface area contributed by atoms with Crippen molar-refractivity contribution in [2.75, 3.05) is 11.9 Å². The third-order valence-electron chi connectivity index (χ3n) is 4.88. The second kappa shape index (κ2) is 9.09. The van der Waals surface area contributed by atoms with Gasteiger partial charge in [0.15, 0.2) is 6.10 Å². The molecule has 1 fully saturated rings. The Balaban J connectivity index is 1.54. The van der Waals surface area contributed by atoms with Crippen LogP contribution in [-0.2, 0) is 25.7 Å². The predicted octanol–water partition coefficient (Wildman–Crippen LogP) is 3.57. The van der Waals surface area contributed by atoms with Crippen LogP contribution in [0.3, 0.4) is 0 Å². The SMILES string of the molecule is Cc1ccc(Cl)cc1NC(=O)[C@H](C)OC(=O)[C@H]1CC(=O)N(Cc2ccccc2)C1. The first-order chi connectivity index (χ1) is 13.8. The van der Waals surface area contributed by atoms with Crippen LogP contribution < -0.4 is 5.32 Å². The van der Waals surface area contributed by atoms with Crippen molar-refractivity contribution in [3.63, 3.8) is 0 Å². The van der Waals surface area contributed by atoms with E-state index in [4.69, 9.17) is 16.3 Å². The van der Waals surface area contributed by atoms with E-state index in [9.17, 15) is 14.4 Å². The van der Waals surface area contributed by atoms with Gasteiger partial charge in [0.2, 0.25) is 5.91 Å². The topological polar surface area (TPSA) is 75.7 Å². The van der Waals surface area contributed by atoms with Crippen LogP contribution >= 0.6 is 11.6 Å². The molecule has 0 saturated carbocycles. The highest BCUT2D eigenvalue weighted by Crippen LogP contribution is 2.23. The van der Waals surface area contributed by atoms with Crippen molar-refractivity contribution in [1.82, 2.24) is 4.90 Å². The Bertz CT molecular complexity index is 916. The lowest BCUT2D eigenvalue weighted by Crippen LogP contribution is -2.33. The summed E-state index contributed by atoms with van der Waals surface area (Å²) in [4.78, 5) is 38.8. The van der Waals surface area contributed by atoms with Crippen molar-refractivity contribution in [2.45, 2.75) is 32.9 Å². The lowest BCUT2D eigenvalue weighted by molar-refractivity contribution is -0.157. The van der Waals surface area contributed by atoms with Crippen molar-refractivity contribution in [3.05, 3.63) is 64.7 Å². The number of ether oxygens (including phenoxy) is 1. The molecule has 1 saturated heterocycles. The molecule has 6 nitrogen and oxygen atoms in total. The van der Waals surface area contributed by atoms with Crippen molar-refractivity contribution < 1.29 is 19.1 Å². The number of nitrogens with one attached hydrogen (secondary N) is 1. The van der Waals surface area contributed by atoms with E-state index < -0.39 is 23.9 Å². The molecule has 0 bridgehead atoms. The third kappa shape index (κ3) is 5.35. The van der Waals surface area contributed by atoms with E-state index >= 15 is 0 Å². The summed E-state index contributed by atoms with van der Waals surface area (Å²) in [6.45, 7) is 4.08. The lowest BCUT2D eigenvalue weighted by Gasteiger charge is -2.18. The molecule has 152 valence electrons. The number of esters is 1. The summed E-state index contributed by atoms with van der Waals surface area (Å²) in [6.07, 6.45) is -0.896. The van der Waals surface area contributed by atoms with Crippen molar-refractivity contribution >= 4 is 35.1 Å². The number of benzene rings is 2. The molecule has 1 heterocycles. The molecule has 0 aromatic heterocycles. The fourth-order valence-electron chi connectivity index (χ4n) is 3.17. The van der Waals surface area contributed by atoms with Crippen LogP contribution in [0, 0.1) is 12.8 Å². The molecule has 0 radical (unpaired) electrons. The molecule has 7 heteroatoms. The standard InChI is InChI=1S/C22H23ClN2O4/c1-14-8-9-18(23)11-19(14)24-21(27)15(2)29-22(28)17-10-20(26)25(13-17)12-16-6-4-3-5-7-16/h3-9,11,15,17H,10,12-13H2,1-2H3,(H,24,27)/t15-,17-/m0/s1. The van der Waals surface area contributed by atoms with Gasteiger partial charge in [0.1, 0.15) is 0 Å². The van der Waals surface area contributed by atoms with Gasteiger partial charge >= 0.3 is 5.97 Å². The van der Waals surface area contributed by atoms with Gasteiger partial charge in [-0.1, -0.05) is 48.0 Å². The minimum absolute atomic E-state index is 0.0907. The number of aryl methyl sites for hydroxylation is 1. The normalized spacial score (nSPS) is 17.1. The molecule has 0 spiro atoms. The zero-order chi connectivity index (χ0) is 21.0. The minimum atomic E-state index is -0.987. The van der Waals surface area contributed by atoms with E-state index in [1.54, 1.807) is 23.1 Å². The fraction of sp³-hybridized carbons (Fsp3) is 0.318. The average molecular weight is 415 g/mol. The lowest BCUT2D eigenvalue weighted by atomic mass is 10.1. The summed E-state index contributed by atoms with van der Waals surface area (Å²) in [5.74, 6) is -1.66. The highest BCUT2D eigenvalue weighted by Gasteiger charge is 2.36. The van der Waals surface area contributed by atoms with E-state index in [1.807, 2.05) is 37.3 Å². The second-order valence-electron chi connectivity index (χ2n) is 7.19. The second-order valence-corrected chi connectivity index (χ2v) is 7.62. The molecule has 0 aliphatic carbocycles. The number of carbonyl (C=O) groups excluding carboxylic acids is 3. The third-order valence-corrected chi connectivity index (χ3v) is 5.12. The molecular weight excluding hydrogens is 392 g/mol. The van der Waals surface area contributed by atoms with Gasteiger partial charge in [-0.05, 0) is 37.1 Å². The van der Waals surface area contributed by atoms with Gasteiger partial charge in [-0.25, -0.2) is 0 Å². The number of halogens is 1. The monoisotopic (exact) mass is 414 g/mol. The predicted molar refractivity (Wildman–Crippen MR) is 110 cm³/mol. The summed E-state index contributed by atoms with van der Waals surface area (Å²) in [6, 6.07) is 14.8. The van der Waals surface area contributed by atoms with Gasteiger partial charge in [-0.3, -0.25) is 14.4 Å². The Morgan fingerprint density at radius 2 is 1.97 bits per heavy atom. The highest BCUT2D eigenvalue weighted by molar-refractivity contribution is 6.31. The smallest absolute Gasteiger partial charge is 0.312 e. The quantitative estimate of drug-likeness (QED) is 0.733. The number of hydrogen-bond acceptors (Lipinski definition) is 4. The van der Waals surface area contributed by atoms with E-state index in [0.717, 1.165) is 11.1 Å². The first-order valence-corrected chi connectivity index (χ1v) is 9.80. The maximum Gasteiger partial charge on any atom is 0.312 e. The van der Waals surface area contributed by atoms with Crippen LogP contribution in [0.2, 0.25) is 5.02 Å². The molecule has 1 aliphatic heterocycles. The van der Waals surface area contributed by atoms with Gasteiger partial charge in [-0.2, -0.15) is 0 Å². The van der Waals surface area contributed by atoms with Gasteiger partial charge in [0, 0.05) is 30.2 Å². The summed E-state index contributed by atoms with van der Waals surface area (Å²) < 4.78 is 5.32. The number of carbonyl (C=O) groups is 3. The van der Waals surface area contributed by atoms with Crippen LogP contribution in [0.4, 0.5) is 5.69 Å². The summed E-state index contributed by atoms with van der Waals surface area (Å²) in [5.41, 5.74) is 2.41. The van der Waals surface area contributed by atoms with E-state index in [-0.39, 0.29) is 18.9 Å². The summed E-state index contributed by atoms with van der Waals surface area (Å²) in [5, 5.41) is 3.22. The number of likely N-dealkylation sites (tertiary alicyclic amines) is 1. The highest BCUT2D eigenvalue weighted by atomic mass is 35.5. The Hall–Kier alpha value is -2.86. The summed E-state index contributed by atoms with van der Waals surface area (Å²) in [7, 11) is 0. The Morgan fingerprint density at radius 3 is 2.69 bits per heavy atom. The fourth-order valence-corrected chi connectivity index (χ4v) is 3.35. The first-order valence-electron chi connectivity index (χ1n) is 9.42. The van der Waals surface area contributed by atoms with Crippen molar-refractivity contribution in [3.8, 4) is 0 Å². The molecular formula is C22H23ClN2O4. The van der Waals surface area contributed by atoms with Gasteiger partial charge in [0.25, 0.3) is 5.91 Å². The van der Waals surface area contributed by atoms with Crippen LogP contribution in [0.5, 0.6) is 0 Å². The Labute approximate surface area is 174 Å². The van der Waals surface area contributed by atoms with Gasteiger partial charge in [0.05, 0.1) is 5.92 Å². The number of anilines is 1. The van der Waals surface area contributed by atoms with E-state index in [2.05, 4.69) is 5.32 Å². The molecule has 3 rings (SSSR count). The Kier molecular flexibility index (Phi) is 6.54. The van der Waals surface area contributed by atoms with Crippen LogP contribution in [0.15, 0.2) is 48.5 Å². The van der Waals surface area contributed by atoms with Crippen molar-refractivity contribution in [1.29, 1.82) is 0 Å². The molecule has 2 atom stereocenters. The number of hydrogen-bond donors (Lipinski definition) is 1. The summed E-state index contributed by atoms with van der Waals surface area (Å²) >= 11 is 5.96. The maximum atomic E-state index is 12.5. The molecule has 1 N–H and O–H groups in total. The molecule has 2 amide bonds. The van der Waals surface area contributed by atoms with Gasteiger partial charge in [-0.15, -0.1) is 0 Å². The molecule has 0 unspecified atom stereocenters. The number of nitrogens with zero attached hydrogens (tertiary/aromatic N) is 1. The number of amides is 2. The molecule has 29 heavy (non-hydrogen) atoms. The molecule has 2 aromatic carbocycles. The van der Waals surface area contributed by atoms with Crippen LogP contribution in [-0.4, -0.2) is 35.3 Å². The zero-order valence-electron chi connectivity index (χ0n) is 16.4. The zero-order valence-corrected chi connectivity index (χ0v) is 17.1. The Morgan fingerprint density at radius 1 is 1.24 bits per heavy atom. The van der Waals surface area contributed by atoms with Crippen LogP contribution in [0.25, 0.3) is 0 Å². The van der Waals surface area contributed by atoms with E-state index in [1.165, 1.54) is 6.92 Å². The molecule has 2 aromatic rings. The van der Waals surface area contributed by atoms with E-state index in [0.29, 0.717) is 17.3 Å².